The zero-order valence-electron chi connectivity index (χ0n) is 12.2. The zero-order valence-corrected chi connectivity index (χ0v) is 13.0. The SMILES string of the molecule is C=CC[N]CC=C.c1ccc2c(c1)Cc1ccccc1S2. The van der Waals surface area contributed by atoms with Crippen LogP contribution in [0.3, 0.4) is 0 Å². The topological polar surface area (TPSA) is 14.1 Å². The fourth-order valence-corrected chi connectivity index (χ4v) is 3.15. The maximum atomic E-state index is 3.97. The summed E-state index contributed by atoms with van der Waals surface area (Å²) in [7, 11) is 0. The van der Waals surface area contributed by atoms with E-state index in [0.29, 0.717) is 0 Å². The number of hydrogen-bond acceptors (Lipinski definition) is 1. The molecule has 1 radical (unpaired) electrons. The van der Waals surface area contributed by atoms with Crippen LogP contribution in [0.4, 0.5) is 0 Å². The van der Waals surface area contributed by atoms with Gasteiger partial charge < -0.3 is 0 Å². The highest BCUT2D eigenvalue weighted by Crippen LogP contribution is 2.38. The Morgan fingerprint density at radius 3 is 1.81 bits per heavy atom. The monoisotopic (exact) mass is 294 g/mol. The van der Waals surface area contributed by atoms with Crippen LogP contribution in [0, 0.1) is 0 Å². The molecule has 0 saturated carbocycles. The number of rotatable bonds is 4. The van der Waals surface area contributed by atoms with E-state index in [2.05, 4.69) is 67.0 Å². The number of benzene rings is 2. The van der Waals surface area contributed by atoms with Crippen LogP contribution in [-0.4, -0.2) is 13.1 Å². The normalized spacial score (nSPS) is 11.4. The maximum absolute atomic E-state index is 3.97. The van der Waals surface area contributed by atoms with E-state index in [0.717, 1.165) is 19.5 Å². The van der Waals surface area contributed by atoms with Crippen LogP contribution in [-0.2, 0) is 6.42 Å². The molecule has 107 valence electrons. The van der Waals surface area contributed by atoms with Crippen LogP contribution < -0.4 is 5.32 Å². The lowest BCUT2D eigenvalue weighted by Crippen LogP contribution is -2.02. The second-order valence-corrected chi connectivity index (χ2v) is 5.74. The zero-order chi connectivity index (χ0) is 14.9. The van der Waals surface area contributed by atoms with E-state index in [1.807, 2.05) is 11.8 Å². The van der Waals surface area contributed by atoms with E-state index in [4.69, 9.17) is 0 Å². The smallest absolute Gasteiger partial charge is 0.0315 e. The van der Waals surface area contributed by atoms with Gasteiger partial charge in [-0.25, -0.2) is 5.32 Å². The van der Waals surface area contributed by atoms with Gasteiger partial charge in [-0.2, -0.15) is 0 Å². The third-order valence-corrected chi connectivity index (χ3v) is 4.30. The molecule has 0 fully saturated rings. The maximum Gasteiger partial charge on any atom is 0.0315 e. The Morgan fingerprint density at radius 1 is 0.857 bits per heavy atom. The average molecular weight is 294 g/mol. The molecule has 0 bridgehead atoms. The molecule has 2 heteroatoms. The molecule has 0 spiro atoms. The van der Waals surface area contributed by atoms with Gasteiger partial charge in [0.2, 0.25) is 0 Å². The quantitative estimate of drug-likeness (QED) is 0.502. The largest absolute Gasteiger partial charge is 0.234 e. The predicted octanol–water partition coefficient (Wildman–Crippen LogP) is 4.70. The second-order valence-electron chi connectivity index (χ2n) is 4.66. The minimum Gasteiger partial charge on any atom is -0.234 e. The fourth-order valence-electron chi connectivity index (χ4n) is 2.08. The predicted molar refractivity (Wildman–Crippen MR) is 92.1 cm³/mol. The van der Waals surface area contributed by atoms with Crippen molar-refractivity contribution in [3.05, 3.63) is 85.0 Å². The first-order valence-electron chi connectivity index (χ1n) is 7.04. The van der Waals surface area contributed by atoms with E-state index >= 15 is 0 Å². The van der Waals surface area contributed by atoms with Gasteiger partial charge in [0, 0.05) is 22.9 Å². The number of fused-ring (bicyclic) bond motifs is 2. The van der Waals surface area contributed by atoms with Crippen molar-refractivity contribution < 1.29 is 0 Å². The van der Waals surface area contributed by atoms with Crippen molar-refractivity contribution >= 4 is 11.8 Å². The van der Waals surface area contributed by atoms with Gasteiger partial charge in [-0.1, -0.05) is 60.3 Å². The molecule has 0 aromatic heterocycles. The van der Waals surface area contributed by atoms with E-state index in [1.165, 1.54) is 20.9 Å². The lowest BCUT2D eigenvalue weighted by Gasteiger charge is -2.17. The van der Waals surface area contributed by atoms with Gasteiger partial charge in [0.1, 0.15) is 0 Å². The van der Waals surface area contributed by atoms with E-state index in [1.54, 1.807) is 12.2 Å². The number of hydrogen-bond donors (Lipinski definition) is 0. The van der Waals surface area contributed by atoms with Crippen molar-refractivity contribution in [1.82, 2.24) is 5.32 Å². The van der Waals surface area contributed by atoms with Gasteiger partial charge in [-0.05, 0) is 29.7 Å². The van der Waals surface area contributed by atoms with Crippen LogP contribution in [0.2, 0.25) is 0 Å². The Labute approximate surface area is 131 Å². The highest BCUT2D eigenvalue weighted by Gasteiger charge is 2.13. The fraction of sp³-hybridized carbons (Fsp3) is 0.158. The van der Waals surface area contributed by atoms with Crippen molar-refractivity contribution in [3.63, 3.8) is 0 Å². The molecule has 0 unspecified atom stereocenters. The summed E-state index contributed by atoms with van der Waals surface area (Å²) in [5.41, 5.74) is 2.91. The lowest BCUT2D eigenvalue weighted by atomic mass is 10.0. The average Bonchev–Trinajstić information content (AvgIpc) is 2.54. The Hall–Kier alpha value is -1.77. The summed E-state index contributed by atoms with van der Waals surface area (Å²) < 4.78 is 0. The third kappa shape index (κ3) is 4.62. The number of nitrogens with zero attached hydrogens (tertiary/aromatic N) is 1. The van der Waals surface area contributed by atoms with Gasteiger partial charge >= 0.3 is 0 Å². The molecule has 3 rings (SSSR count). The molecular weight excluding hydrogens is 274 g/mol. The van der Waals surface area contributed by atoms with Crippen LogP contribution in [0.5, 0.6) is 0 Å². The summed E-state index contributed by atoms with van der Waals surface area (Å²) in [4.78, 5) is 2.82. The molecule has 21 heavy (non-hydrogen) atoms. The molecule has 0 atom stereocenters. The van der Waals surface area contributed by atoms with Crippen molar-refractivity contribution in [1.29, 1.82) is 0 Å². The van der Waals surface area contributed by atoms with Crippen LogP contribution in [0.1, 0.15) is 11.1 Å². The van der Waals surface area contributed by atoms with Crippen LogP contribution >= 0.6 is 11.8 Å². The van der Waals surface area contributed by atoms with Gasteiger partial charge in [0.15, 0.2) is 0 Å². The van der Waals surface area contributed by atoms with Crippen molar-refractivity contribution in [3.8, 4) is 0 Å². The van der Waals surface area contributed by atoms with Gasteiger partial charge in [0.25, 0.3) is 0 Å². The summed E-state index contributed by atoms with van der Waals surface area (Å²) in [5.74, 6) is 0. The van der Waals surface area contributed by atoms with E-state index in [-0.39, 0.29) is 0 Å². The van der Waals surface area contributed by atoms with E-state index < -0.39 is 0 Å². The molecular formula is C19H20NS. The Bertz CT molecular complexity index is 509. The Balaban J connectivity index is 0.000000199. The Morgan fingerprint density at radius 2 is 1.33 bits per heavy atom. The first-order chi connectivity index (χ1) is 10.3. The highest BCUT2D eigenvalue weighted by atomic mass is 32.2. The first-order valence-corrected chi connectivity index (χ1v) is 7.85. The standard InChI is InChI=1S/C13H10S.C6H10N/c1-3-7-12-10(5-1)9-11-6-2-4-8-13(11)14-12;1-3-5-7-6-4-2/h1-8H,9H2;3-4H,1-2,5-6H2. The lowest BCUT2D eigenvalue weighted by molar-refractivity contribution is 0.826. The van der Waals surface area contributed by atoms with Crippen molar-refractivity contribution in [2.75, 3.05) is 13.1 Å². The molecule has 1 heterocycles. The Kier molecular flexibility index (Phi) is 6.32. The van der Waals surface area contributed by atoms with Gasteiger partial charge in [-0.15, -0.1) is 13.2 Å². The molecule has 0 amide bonds. The second kappa shape index (κ2) is 8.50. The van der Waals surface area contributed by atoms with Crippen LogP contribution in [0.15, 0.2) is 83.6 Å². The summed E-state index contributed by atoms with van der Waals surface area (Å²) in [6.07, 6.45) is 4.62. The molecule has 1 aliphatic heterocycles. The minimum absolute atomic E-state index is 0.742. The first kappa shape index (κ1) is 15.6. The van der Waals surface area contributed by atoms with Gasteiger partial charge in [0.05, 0.1) is 0 Å². The van der Waals surface area contributed by atoms with Crippen LogP contribution in [0.25, 0.3) is 0 Å². The molecule has 1 aliphatic rings. The van der Waals surface area contributed by atoms with Crippen molar-refractivity contribution in [2.24, 2.45) is 0 Å². The summed E-state index contributed by atoms with van der Waals surface area (Å²) in [5, 5.41) is 3.97. The van der Waals surface area contributed by atoms with Crippen molar-refractivity contribution in [2.45, 2.75) is 16.2 Å². The van der Waals surface area contributed by atoms with Gasteiger partial charge in [-0.3, -0.25) is 0 Å². The molecule has 2 aromatic rings. The molecule has 0 saturated heterocycles. The highest BCUT2D eigenvalue weighted by molar-refractivity contribution is 7.99. The summed E-state index contributed by atoms with van der Waals surface area (Å²) in [6.45, 7) is 8.49. The van der Waals surface area contributed by atoms with E-state index in [9.17, 15) is 0 Å². The molecule has 0 N–H and O–H groups in total. The molecule has 0 aliphatic carbocycles. The minimum atomic E-state index is 0.742. The molecule has 2 aromatic carbocycles. The third-order valence-electron chi connectivity index (χ3n) is 3.06. The summed E-state index contributed by atoms with van der Waals surface area (Å²) >= 11 is 1.88. The molecule has 1 nitrogen and oxygen atoms in total. The summed E-state index contributed by atoms with van der Waals surface area (Å²) in [6, 6.07) is 17.3.